The van der Waals surface area contributed by atoms with Crippen molar-refractivity contribution in [1.29, 1.82) is 0 Å². The van der Waals surface area contributed by atoms with Crippen molar-refractivity contribution < 1.29 is 4.74 Å². The number of benzene rings is 1. The molecule has 2 aromatic rings. The van der Waals surface area contributed by atoms with E-state index in [0.717, 1.165) is 21.3 Å². The van der Waals surface area contributed by atoms with Gasteiger partial charge in [-0.15, -0.1) is 22.9 Å². The minimum Gasteiger partial charge on any atom is -0.487 e. The first kappa shape index (κ1) is 12.9. The molecule has 0 atom stereocenters. The standard InChI is InChI=1S/C13H12BrClOS/c1-9-5-11(14)6-10(7-15)13(9)16-8-12-3-2-4-17-12/h2-6H,7-8H2,1H3. The van der Waals surface area contributed by atoms with Gasteiger partial charge in [0, 0.05) is 14.9 Å². The normalized spacial score (nSPS) is 10.5. The summed E-state index contributed by atoms with van der Waals surface area (Å²) in [5.41, 5.74) is 2.13. The lowest BCUT2D eigenvalue weighted by Gasteiger charge is -2.13. The van der Waals surface area contributed by atoms with Crippen LogP contribution in [0, 0.1) is 6.92 Å². The number of aryl methyl sites for hydroxylation is 1. The molecule has 0 unspecified atom stereocenters. The van der Waals surface area contributed by atoms with E-state index in [4.69, 9.17) is 16.3 Å². The fourth-order valence-corrected chi connectivity index (χ4v) is 3.08. The summed E-state index contributed by atoms with van der Waals surface area (Å²) in [7, 11) is 0. The summed E-state index contributed by atoms with van der Waals surface area (Å²) >= 11 is 11.1. The Bertz CT molecular complexity index is 496. The van der Waals surface area contributed by atoms with Gasteiger partial charge in [-0.25, -0.2) is 0 Å². The summed E-state index contributed by atoms with van der Waals surface area (Å²) in [6.07, 6.45) is 0. The van der Waals surface area contributed by atoms with Crippen molar-refractivity contribution >= 4 is 38.9 Å². The Balaban J connectivity index is 2.19. The fraction of sp³-hybridized carbons (Fsp3) is 0.231. The second kappa shape index (κ2) is 5.89. The molecule has 1 heterocycles. The zero-order valence-electron chi connectivity index (χ0n) is 9.37. The highest BCUT2D eigenvalue weighted by molar-refractivity contribution is 9.10. The van der Waals surface area contributed by atoms with E-state index in [-0.39, 0.29) is 0 Å². The largest absolute Gasteiger partial charge is 0.487 e. The van der Waals surface area contributed by atoms with Gasteiger partial charge in [0.25, 0.3) is 0 Å². The van der Waals surface area contributed by atoms with Gasteiger partial charge in [-0.05, 0) is 36.1 Å². The van der Waals surface area contributed by atoms with Crippen molar-refractivity contribution in [3.8, 4) is 5.75 Å². The van der Waals surface area contributed by atoms with Crippen LogP contribution in [0.4, 0.5) is 0 Å². The Morgan fingerprint density at radius 1 is 1.41 bits per heavy atom. The van der Waals surface area contributed by atoms with Gasteiger partial charge < -0.3 is 4.74 Å². The molecule has 17 heavy (non-hydrogen) atoms. The molecule has 4 heteroatoms. The number of alkyl halides is 1. The maximum Gasteiger partial charge on any atom is 0.127 e. The third-order valence-electron chi connectivity index (χ3n) is 2.40. The molecular weight excluding hydrogens is 320 g/mol. The van der Waals surface area contributed by atoms with Gasteiger partial charge in [-0.3, -0.25) is 0 Å². The third kappa shape index (κ3) is 3.24. The average Bonchev–Trinajstić information content (AvgIpc) is 2.79. The van der Waals surface area contributed by atoms with E-state index >= 15 is 0 Å². The molecule has 2 rings (SSSR count). The first-order chi connectivity index (χ1) is 8.20. The molecule has 0 saturated heterocycles. The number of ether oxygens (including phenoxy) is 1. The van der Waals surface area contributed by atoms with Crippen molar-refractivity contribution in [3.63, 3.8) is 0 Å². The topological polar surface area (TPSA) is 9.23 Å². The molecule has 0 spiro atoms. The predicted octanol–water partition coefficient (Wildman–Crippen LogP) is 5.14. The van der Waals surface area contributed by atoms with Crippen molar-refractivity contribution in [2.24, 2.45) is 0 Å². The van der Waals surface area contributed by atoms with Crippen molar-refractivity contribution in [2.45, 2.75) is 19.4 Å². The lowest BCUT2D eigenvalue weighted by Crippen LogP contribution is -1.98. The van der Waals surface area contributed by atoms with E-state index in [2.05, 4.69) is 27.4 Å². The van der Waals surface area contributed by atoms with Crippen LogP contribution < -0.4 is 4.74 Å². The van der Waals surface area contributed by atoms with Gasteiger partial charge in [0.1, 0.15) is 12.4 Å². The number of halogens is 2. The SMILES string of the molecule is Cc1cc(Br)cc(CCl)c1OCc1cccs1. The second-order valence-corrected chi connectivity index (χ2v) is 5.93. The molecule has 0 N–H and O–H groups in total. The van der Waals surface area contributed by atoms with E-state index in [9.17, 15) is 0 Å². The third-order valence-corrected chi connectivity index (χ3v) is 3.99. The van der Waals surface area contributed by atoms with Gasteiger partial charge in [-0.2, -0.15) is 0 Å². The Hall–Kier alpha value is -0.510. The number of hydrogen-bond acceptors (Lipinski definition) is 2. The summed E-state index contributed by atoms with van der Waals surface area (Å²) in [6, 6.07) is 8.14. The van der Waals surface area contributed by atoms with Gasteiger partial charge in [-0.1, -0.05) is 22.0 Å². The summed E-state index contributed by atoms with van der Waals surface area (Å²) < 4.78 is 6.90. The monoisotopic (exact) mass is 330 g/mol. The minimum absolute atomic E-state index is 0.458. The molecule has 90 valence electrons. The van der Waals surface area contributed by atoms with Gasteiger partial charge >= 0.3 is 0 Å². The second-order valence-electron chi connectivity index (χ2n) is 3.71. The van der Waals surface area contributed by atoms with Crippen LogP contribution in [0.1, 0.15) is 16.0 Å². The van der Waals surface area contributed by atoms with E-state index in [1.165, 1.54) is 4.88 Å². The first-order valence-corrected chi connectivity index (χ1v) is 7.41. The maximum absolute atomic E-state index is 5.94. The molecule has 0 saturated carbocycles. The van der Waals surface area contributed by atoms with Gasteiger partial charge in [0.15, 0.2) is 0 Å². The van der Waals surface area contributed by atoms with Crippen molar-refractivity contribution in [2.75, 3.05) is 0 Å². The van der Waals surface area contributed by atoms with E-state index in [0.29, 0.717) is 12.5 Å². The van der Waals surface area contributed by atoms with Crippen LogP contribution in [0.3, 0.4) is 0 Å². The van der Waals surface area contributed by atoms with Crippen LogP contribution >= 0.6 is 38.9 Å². The molecular formula is C13H12BrClOS. The quantitative estimate of drug-likeness (QED) is 0.705. The molecule has 0 amide bonds. The van der Waals surface area contributed by atoms with Crippen LogP contribution in [0.25, 0.3) is 0 Å². The Morgan fingerprint density at radius 3 is 2.88 bits per heavy atom. The van der Waals surface area contributed by atoms with Crippen LogP contribution in [0.15, 0.2) is 34.1 Å². The first-order valence-electron chi connectivity index (χ1n) is 5.21. The summed E-state index contributed by atoms with van der Waals surface area (Å²) in [6.45, 7) is 2.63. The summed E-state index contributed by atoms with van der Waals surface area (Å²) in [5.74, 6) is 1.36. The molecule has 1 aromatic carbocycles. The van der Waals surface area contributed by atoms with Crippen LogP contribution in [-0.4, -0.2) is 0 Å². The molecule has 0 aliphatic heterocycles. The lowest BCUT2D eigenvalue weighted by molar-refractivity contribution is 0.305. The molecule has 0 radical (unpaired) electrons. The van der Waals surface area contributed by atoms with Crippen LogP contribution in [-0.2, 0) is 12.5 Å². The van der Waals surface area contributed by atoms with Crippen LogP contribution in [0.5, 0.6) is 5.75 Å². The van der Waals surface area contributed by atoms with Crippen molar-refractivity contribution in [1.82, 2.24) is 0 Å². The fourth-order valence-electron chi connectivity index (χ4n) is 1.64. The molecule has 0 aliphatic carbocycles. The highest BCUT2D eigenvalue weighted by Gasteiger charge is 2.08. The van der Waals surface area contributed by atoms with Crippen LogP contribution in [0.2, 0.25) is 0 Å². The number of rotatable bonds is 4. The highest BCUT2D eigenvalue weighted by Crippen LogP contribution is 2.30. The summed E-state index contributed by atoms with van der Waals surface area (Å²) in [4.78, 5) is 1.22. The Labute approximate surface area is 119 Å². The lowest BCUT2D eigenvalue weighted by atomic mass is 10.1. The molecule has 0 aliphatic rings. The van der Waals surface area contributed by atoms with Gasteiger partial charge in [0.2, 0.25) is 0 Å². The number of thiophene rings is 1. The molecule has 0 fully saturated rings. The van der Waals surface area contributed by atoms with E-state index in [1.54, 1.807) is 11.3 Å². The van der Waals surface area contributed by atoms with E-state index in [1.807, 2.05) is 25.1 Å². The Kier molecular flexibility index (Phi) is 4.48. The van der Waals surface area contributed by atoms with Crippen molar-refractivity contribution in [3.05, 3.63) is 50.1 Å². The average molecular weight is 332 g/mol. The predicted molar refractivity (Wildman–Crippen MR) is 77.1 cm³/mol. The molecule has 1 aromatic heterocycles. The minimum atomic E-state index is 0.458. The zero-order chi connectivity index (χ0) is 12.3. The summed E-state index contributed by atoms with van der Waals surface area (Å²) in [5, 5.41) is 2.05. The number of hydrogen-bond donors (Lipinski definition) is 0. The van der Waals surface area contributed by atoms with Gasteiger partial charge in [0.05, 0.1) is 5.88 Å². The Morgan fingerprint density at radius 2 is 2.24 bits per heavy atom. The maximum atomic E-state index is 5.94. The highest BCUT2D eigenvalue weighted by atomic mass is 79.9. The molecule has 0 bridgehead atoms. The van der Waals surface area contributed by atoms with E-state index < -0.39 is 0 Å². The molecule has 1 nitrogen and oxygen atoms in total. The smallest absolute Gasteiger partial charge is 0.127 e. The zero-order valence-corrected chi connectivity index (χ0v) is 12.5.